The van der Waals surface area contributed by atoms with Gasteiger partial charge >= 0.3 is 12.1 Å². The van der Waals surface area contributed by atoms with E-state index in [1.165, 1.54) is 0 Å². The van der Waals surface area contributed by atoms with Crippen LogP contribution in [0, 0.1) is 0 Å². The molecule has 0 bridgehead atoms. The standard InChI is InChI=1S/C25H31N3O5/c1-25(2,3)33-24(31)28-15-13-27(14-16-28)22(29)17-20(21-11-7-8-12-26-21)23(30)32-18-19-9-5-4-6-10-19/h4-12,20H,13-18H2,1-3H3. The van der Waals surface area contributed by atoms with Gasteiger partial charge in [0, 0.05) is 38.8 Å². The molecular weight excluding hydrogens is 422 g/mol. The fourth-order valence-corrected chi connectivity index (χ4v) is 3.49. The van der Waals surface area contributed by atoms with Gasteiger partial charge in [-0.15, -0.1) is 0 Å². The first kappa shape index (κ1) is 24.2. The highest BCUT2D eigenvalue weighted by molar-refractivity contribution is 5.86. The Bertz CT molecular complexity index is 936. The van der Waals surface area contributed by atoms with Gasteiger partial charge in [0.05, 0.1) is 5.69 Å². The molecular formula is C25H31N3O5. The SMILES string of the molecule is CC(C)(C)OC(=O)N1CCN(C(=O)CC(C(=O)OCc2ccccc2)c2ccccn2)CC1. The van der Waals surface area contributed by atoms with Crippen molar-refractivity contribution in [2.24, 2.45) is 0 Å². The Labute approximate surface area is 194 Å². The molecule has 1 aromatic carbocycles. The predicted molar refractivity (Wildman–Crippen MR) is 122 cm³/mol. The van der Waals surface area contributed by atoms with Crippen LogP contribution in [0.4, 0.5) is 4.79 Å². The molecule has 1 unspecified atom stereocenters. The van der Waals surface area contributed by atoms with Gasteiger partial charge in [-0.2, -0.15) is 0 Å². The zero-order chi connectivity index (χ0) is 23.8. The van der Waals surface area contributed by atoms with Crippen molar-refractivity contribution in [2.75, 3.05) is 26.2 Å². The van der Waals surface area contributed by atoms with Crippen molar-refractivity contribution in [2.45, 2.75) is 45.3 Å². The minimum Gasteiger partial charge on any atom is -0.460 e. The van der Waals surface area contributed by atoms with Gasteiger partial charge in [0.15, 0.2) is 0 Å². The van der Waals surface area contributed by atoms with Crippen molar-refractivity contribution >= 4 is 18.0 Å². The summed E-state index contributed by atoms with van der Waals surface area (Å²) in [6, 6.07) is 14.7. The van der Waals surface area contributed by atoms with Gasteiger partial charge in [-0.3, -0.25) is 14.6 Å². The maximum absolute atomic E-state index is 13.0. The normalized spacial score (nSPS) is 15.0. The molecule has 0 spiro atoms. The Hall–Kier alpha value is -3.42. The van der Waals surface area contributed by atoms with E-state index in [4.69, 9.17) is 9.47 Å². The molecule has 1 aromatic heterocycles. The summed E-state index contributed by atoms with van der Waals surface area (Å²) in [4.78, 5) is 45.7. The number of rotatable bonds is 6. The number of hydrogen-bond acceptors (Lipinski definition) is 6. The van der Waals surface area contributed by atoms with Gasteiger partial charge in [0.1, 0.15) is 18.1 Å². The Morgan fingerprint density at radius 3 is 2.18 bits per heavy atom. The average Bonchev–Trinajstić information content (AvgIpc) is 2.81. The lowest BCUT2D eigenvalue weighted by molar-refractivity contribution is -0.149. The molecule has 2 heterocycles. The van der Waals surface area contributed by atoms with Crippen LogP contribution in [0.2, 0.25) is 0 Å². The van der Waals surface area contributed by atoms with Gasteiger partial charge < -0.3 is 19.3 Å². The van der Waals surface area contributed by atoms with Crippen molar-refractivity contribution in [3.05, 3.63) is 66.0 Å². The molecule has 0 N–H and O–H groups in total. The van der Waals surface area contributed by atoms with Gasteiger partial charge in [-0.1, -0.05) is 36.4 Å². The molecule has 176 valence electrons. The maximum atomic E-state index is 13.0. The molecule has 2 aromatic rings. The number of benzene rings is 1. The first-order valence-corrected chi connectivity index (χ1v) is 11.1. The fourth-order valence-electron chi connectivity index (χ4n) is 3.49. The van der Waals surface area contributed by atoms with Gasteiger partial charge in [-0.25, -0.2) is 4.79 Å². The predicted octanol–water partition coefficient (Wildman–Crippen LogP) is 3.38. The second-order valence-corrected chi connectivity index (χ2v) is 8.95. The number of piperazine rings is 1. The largest absolute Gasteiger partial charge is 0.460 e. The highest BCUT2D eigenvalue weighted by Gasteiger charge is 2.32. The smallest absolute Gasteiger partial charge is 0.410 e. The lowest BCUT2D eigenvalue weighted by Gasteiger charge is -2.36. The summed E-state index contributed by atoms with van der Waals surface area (Å²) < 4.78 is 10.9. The summed E-state index contributed by atoms with van der Waals surface area (Å²) in [6.45, 7) is 7.11. The zero-order valence-corrected chi connectivity index (χ0v) is 19.4. The number of amides is 2. The highest BCUT2D eigenvalue weighted by Crippen LogP contribution is 2.22. The van der Waals surface area contributed by atoms with Gasteiger partial charge in [-0.05, 0) is 38.5 Å². The van der Waals surface area contributed by atoms with Gasteiger partial charge in [0.25, 0.3) is 0 Å². The third kappa shape index (κ3) is 7.30. The van der Waals surface area contributed by atoms with Crippen LogP contribution in [0.3, 0.4) is 0 Å². The summed E-state index contributed by atoms with van der Waals surface area (Å²) in [5, 5.41) is 0. The summed E-state index contributed by atoms with van der Waals surface area (Å²) in [7, 11) is 0. The molecule has 2 amide bonds. The maximum Gasteiger partial charge on any atom is 0.410 e. The second-order valence-electron chi connectivity index (χ2n) is 8.95. The number of pyridine rings is 1. The lowest BCUT2D eigenvalue weighted by Crippen LogP contribution is -2.51. The summed E-state index contributed by atoms with van der Waals surface area (Å²) in [5.74, 6) is -1.46. The molecule has 3 rings (SSSR count). The highest BCUT2D eigenvalue weighted by atomic mass is 16.6. The molecule has 0 aliphatic carbocycles. The van der Waals surface area contributed by atoms with Crippen LogP contribution in [0.25, 0.3) is 0 Å². The van der Waals surface area contributed by atoms with E-state index >= 15 is 0 Å². The molecule has 1 aliphatic heterocycles. The van der Waals surface area contributed by atoms with Crippen LogP contribution in [-0.4, -0.2) is 64.5 Å². The topological polar surface area (TPSA) is 89.0 Å². The number of carbonyl (C=O) groups excluding carboxylic acids is 3. The zero-order valence-electron chi connectivity index (χ0n) is 19.4. The molecule has 0 radical (unpaired) electrons. The van der Waals surface area contributed by atoms with E-state index in [-0.39, 0.29) is 25.0 Å². The van der Waals surface area contributed by atoms with E-state index in [1.54, 1.807) is 34.2 Å². The van der Waals surface area contributed by atoms with Crippen LogP contribution in [-0.2, 0) is 25.7 Å². The number of esters is 1. The van der Waals surface area contributed by atoms with E-state index in [1.807, 2.05) is 51.1 Å². The summed E-state index contributed by atoms with van der Waals surface area (Å²) >= 11 is 0. The van der Waals surface area contributed by atoms with E-state index in [2.05, 4.69) is 4.98 Å². The number of hydrogen-bond donors (Lipinski definition) is 0. The van der Waals surface area contributed by atoms with E-state index in [0.717, 1.165) is 5.56 Å². The minimum atomic E-state index is -0.800. The van der Waals surface area contributed by atoms with Gasteiger partial charge in [0.2, 0.25) is 5.91 Å². The first-order chi connectivity index (χ1) is 15.7. The van der Waals surface area contributed by atoms with Crippen LogP contribution >= 0.6 is 0 Å². The van der Waals surface area contributed by atoms with Crippen molar-refractivity contribution in [3.63, 3.8) is 0 Å². The third-order valence-corrected chi connectivity index (χ3v) is 5.22. The molecule has 8 nitrogen and oxygen atoms in total. The van der Waals surface area contributed by atoms with Crippen LogP contribution in [0.5, 0.6) is 0 Å². The van der Waals surface area contributed by atoms with Crippen molar-refractivity contribution in [3.8, 4) is 0 Å². The van der Waals surface area contributed by atoms with Crippen molar-refractivity contribution in [1.29, 1.82) is 0 Å². The molecule has 1 atom stereocenters. The monoisotopic (exact) mass is 453 g/mol. The summed E-state index contributed by atoms with van der Waals surface area (Å²) in [5.41, 5.74) is 0.798. The Kier molecular flexibility index (Phi) is 8.03. The third-order valence-electron chi connectivity index (χ3n) is 5.22. The van der Waals surface area contributed by atoms with Crippen molar-refractivity contribution in [1.82, 2.24) is 14.8 Å². The molecule has 33 heavy (non-hydrogen) atoms. The van der Waals surface area contributed by atoms with E-state index in [9.17, 15) is 14.4 Å². The van der Waals surface area contributed by atoms with Crippen LogP contribution in [0.1, 0.15) is 44.4 Å². The number of nitrogens with zero attached hydrogens (tertiary/aromatic N) is 3. The van der Waals surface area contributed by atoms with Crippen LogP contribution < -0.4 is 0 Å². The Morgan fingerprint density at radius 1 is 0.939 bits per heavy atom. The first-order valence-electron chi connectivity index (χ1n) is 11.1. The van der Waals surface area contributed by atoms with Crippen LogP contribution in [0.15, 0.2) is 54.7 Å². The Morgan fingerprint density at radius 2 is 1.58 bits per heavy atom. The number of carbonyl (C=O) groups is 3. The second kappa shape index (κ2) is 10.9. The minimum absolute atomic E-state index is 0.0446. The average molecular weight is 454 g/mol. The number of ether oxygens (including phenoxy) is 2. The molecule has 1 saturated heterocycles. The molecule has 1 fully saturated rings. The lowest BCUT2D eigenvalue weighted by atomic mass is 9.99. The van der Waals surface area contributed by atoms with Crippen molar-refractivity contribution < 1.29 is 23.9 Å². The van der Waals surface area contributed by atoms with E-state index in [0.29, 0.717) is 31.9 Å². The quantitative estimate of drug-likeness (QED) is 0.623. The Balaban J connectivity index is 1.60. The molecule has 0 saturated carbocycles. The summed E-state index contributed by atoms with van der Waals surface area (Å²) in [6.07, 6.45) is 1.17. The molecule has 8 heteroatoms. The van der Waals surface area contributed by atoms with E-state index < -0.39 is 17.5 Å². The fraction of sp³-hybridized carbons (Fsp3) is 0.440. The molecule has 1 aliphatic rings. The number of aromatic nitrogens is 1.